The average molecular weight is 339 g/mol. The molecule has 0 amide bonds. The number of ether oxygens (including phenoxy) is 1. The molecule has 0 aliphatic heterocycles. The number of nitrogens with zero attached hydrogens (tertiary/aromatic N) is 2. The highest BCUT2D eigenvalue weighted by Crippen LogP contribution is 2.27. The molecule has 4 nitrogen and oxygen atoms in total. The highest BCUT2D eigenvalue weighted by atomic mass is 79.9. The first kappa shape index (κ1) is 15.1. The summed E-state index contributed by atoms with van der Waals surface area (Å²) in [7, 11) is 1.64. The zero-order valence-corrected chi connectivity index (χ0v) is 13.3. The van der Waals surface area contributed by atoms with Crippen LogP contribution < -0.4 is 4.74 Å². The van der Waals surface area contributed by atoms with Crippen LogP contribution in [0.15, 0.2) is 34.9 Å². The Labute approximate surface area is 127 Å². The third kappa shape index (κ3) is 3.41. The van der Waals surface area contributed by atoms with Crippen LogP contribution >= 0.6 is 15.9 Å². The first-order valence-corrected chi connectivity index (χ1v) is 7.47. The molecule has 1 aromatic carbocycles. The van der Waals surface area contributed by atoms with E-state index < -0.39 is 6.10 Å². The molecule has 1 unspecified atom stereocenters. The van der Waals surface area contributed by atoms with Crippen molar-refractivity contribution in [2.75, 3.05) is 7.11 Å². The second kappa shape index (κ2) is 6.90. The van der Waals surface area contributed by atoms with Gasteiger partial charge in [0.05, 0.1) is 23.5 Å². The molecule has 1 aromatic heterocycles. The van der Waals surface area contributed by atoms with Crippen LogP contribution in [-0.4, -0.2) is 22.0 Å². The van der Waals surface area contributed by atoms with Gasteiger partial charge < -0.3 is 9.84 Å². The Bertz CT molecular complexity index is 569. The van der Waals surface area contributed by atoms with Gasteiger partial charge in [-0.3, -0.25) is 4.68 Å². The number of benzene rings is 1. The Morgan fingerprint density at radius 2 is 2.25 bits per heavy atom. The molecule has 0 spiro atoms. The van der Waals surface area contributed by atoms with Gasteiger partial charge in [-0.15, -0.1) is 0 Å². The van der Waals surface area contributed by atoms with Crippen LogP contribution in [0.5, 0.6) is 5.75 Å². The summed E-state index contributed by atoms with van der Waals surface area (Å²) in [6.07, 6.45) is 2.66. The molecule has 0 aliphatic carbocycles. The molecule has 0 fully saturated rings. The van der Waals surface area contributed by atoms with E-state index in [1.54, 1.807) is 13.3 Å². The minimum Gasteiger partial charge on any atom is -0.497 e. The second-order valence-electron chi connectivity index (χ2n) is 4.67. The van der Waals surface area contributed by atoms with Crippen molar-refractivity contribution in [2.24, 2.45) is 0 Å². The number of rotatable bonds is 6. The lowest BCUT2D eigenvalue weighted by Gasteiger charge is -2.14. The number of hydrogen-bond acceptors (Lipinski definition) is 3. The largest absolute Gasteiger partial charge is 0.497 e. The van der Waals surface area contributed by atoms with E-state index in [2.05, 4.69) is 28.0 Å². The van der Waals surface area contributed by atoms with Gasteiger partial charge in [-0.25, -0.2) is 0 Å². The Balaban J connectivity index is 2.18. The molecule has 0 saturated carbocycles. The van der Waals surface area contributed by atoms with E-state index in [1.165, 1.54) is 0 Å². The van der Waals surface area contributed by atoms with E-state index in [-0.39, 0.29) is 0 Å². The third-order valence-corrected chi connectivity index (χ3v) is 3.76. The zero-order chi connectivity index (χ0) is 14.5. The van der Waals surface area contributed by atoms with Crippen molar-refractivity contribution in [3.63, 3.8) is 0 Å². The van der Waals surface area contributed by atoms with Gasteiger partial charge in [0.2, 0.25) is 0 Å². The molecule has 1 heterocycles. The van der Waals surface area contributed by atoms with Crippen LogP contribution in [0, 0.1) is 0 Å². The van der Waals surface area contributed by atoms with E-state index in [1.807, 2.05) is 28.9 Å². The van der Waals surface area contributed by atoms with E-state index in [4.69, 9.17) is 4.74 Å². The maximum Gasteiger partial charge on any atom is 0.119 e. The fraction of sp³-hybridized carbons (Fsp3) is 0.400. The van der Waals surface area contributed by atoms with Gasteiger partial charge in [0, 0.05) is 13.0 Å². The summed E-state index contributed by atoms with van der Waals surface area (Å²) in [6.45, 7) is 2.89. The van der Waals surface area contributed by atoms with E-state index >= 15 is 0 Å². The summed E-state index contributed by atoms with van der Waals surface area (Å²) >= 11 is 3.46. The number of hydrogen-bond donors (Lipinski definition) is 1. The molecule has 0 radical (unpaired) electrons. The average Bonchev–Trinajstić information content (AvgIpc) is 2.80. The standard InChI is InChI=1S/C15H19BrN2O2/c1-3-7-18-15(13(16)10-17-18)14(19)9-11-5-4-6-12(8-11)20-2/h4-6,8,10,14,19H,3,7,9H2,1-2H3. The van der Waals surface area contributed by atoms with Crippen molar-refractivity contribution in [1.29, 1.82) is 0 Å². The summed E-state index contributed by atoms with van der Waals surface area (Å²) in [5.41, 5.74) is 1.86. The molecule has 1 N–H and O–H groups in total. The molecule has 20 heavy (non-hydrogen) atoms. The normalized spacial score (nSPS) is 12.4. The minimum absolute atomic E-state index is 0.533. The van der Waals surface area contributed by atoms with Crippen molar-refractivity contribution in [1.82, 2.24) is 9.78 Å². The van der Waals surface area contributed by atoms with Crippen molar-refractivity contribution in [3.8, 4) is 5.75 Å². The number of aromatic nitrogens is 2. The van der Waals surface area contributed by atoms with Gasteiger partial charge in [0.25, 0.3) is 0 Å². The SMILES string of the molecule is CCCn1ncc(Br)c1C(O)Cc1cccc(OC)c1. The Morgan fingerprint density at radius 1 is 1.45 bits per heavy atom. The number of halogens is 1. The maximum atomic E-state index is 10.5. The second-order valence-corrected chi connectivity index (χ2v) is 5.53. The van der Waals surface area contributed by atoms with Crippen molar-refractivity contribution in [2.45, 2.75) is 32.4 Å². The fourth-order valence-corrected chi connectivity index (χ4v) is 2.77. The number of aliphatic hydroxyl groups is 1. The lowest BCUT2D eigenvalue weighted by atomic mass is 10.1. The molecule has 2 aromatic rings. The molecular formula is C15H19BrN2O2. The smallest absolute Gasteiger partial charge is 0.119 e. The molecule has 0 saturated heterocycles. The highest BCUT2D eigenvalue weighted by molar-refractivity contribution is 9.10. The van der Waals surface area contributed by atoms with Crippen LogP contribution in [0.1, 0.15) is 30.7 Å². The molecule has 0 aliphatic rings. The first-order valence-electron chi connectivity index (χ1n) is 6.68. The van der Waals surface area contributed by atoms with E-state index in [0.717, 1.165) is 34.4 Å². The summed E-state index contributed by atoms with van der Waals surface area (Å²) in [4.78, 5) is 0. The van der Waals surface area contributed by atoms with Crippen molar-refractivity contribution in [3.05, 3.63) is 46.2 Å². The lowest BCUT2D eigenvalue weighted by Crippen LogP contribution is -2.11. The van der Waals surface area contributed by atoms with Crippen LogP contribution in [-0.2, 0) is 13.0 Å². The topological polar surface area (TPSA) is 47.3 Å². The van der Waals surface area contributed by atoms with Crippen LogP contribution in [0.25, 0.3) is 0 Å². The molecular weight excluding hydrogens is 320 g/mol. The Kier molecular flexibility index (Phi) is 5.20. The summed E-state index contributed by atoms with van der Waals surface area (Å²) in [6, 6.07) is 7.75. The zero-order valence-electron chi connectivity index (χ0n) is 11.7. The monoisotopic (exact) mass is 338 g/mol. The molecule has 108 valence electrons. The summed E-state index contributed by atoms with van der Waals surface area (Å²) < 4.78 is 7.91. The van der Waals surface area contributed by atoms with Crippen molar-refractivity contribution < 1.29 is 9.84 Å². The molecule has 5 heteroatoms. The number of aryl methyl sites for hydroxylation is 1. The van der Waals surface area contributed by atoms with Gasteiger partial charge in [0.1, 0.15) is 11.9 Å². The molecule has 2 rings (SSSR count). The molecule has 1 atom stereocenters. The van der Waals surface area contributed by atoms with Gasteiger partial charge in [-0.05, 0) is 40.0 Å². The quantitative estimate of drug-likeness (QED) is 0.878. The van der Waals surface area contributed by atoms with Gasteiger partial charge in [0.15, 0.2) is 0 Å². The highest BCUT2D eigenvalue weighted by Gasteiger charge is 2.18. The van der Waals surface area contributed by atoms with Crippen LogP contribution in [0.4, 0.5) is 0 Å². The van der Waals surface area contributed by atoms with Gasteiger partial charge in [-0.2, -0.15) is 5.10 Å². The predicted octanol–water partition coefficient (Wildman–Crippen LogP) is 3.34. The Hall–Kier alpha value is -1.33. The summed E-state index contributed by atoms with van der Waals surface area (Å²) in [5.74, 6) is 0.802. The number of aliphatic hydroxyl groups excluding tert-OH is 1. The summed E-state index contributed by atoms with van der Waals surface area (Å²) in [5, 5.41) is 14.8. The lowest BCUT2D eigenvalue weighted by molar-refractivity contribution is 0.165. The minimum atomic E-state index is -0.592. The van der Waals surface area contributed by atoms with Crippen LogP contribution in [0.2, 0.25) is 0 Å². The molecule has 0 bridgehead atoms. The van der Waals surface area contributed by atoms with Crippen molar-refractivity contribution >= 4 is 15.9 Å². The van der Waals surface area contributed by atoms with E-state index in [0.29, 0.717) is 6.42 Å². The van der Waals surface area contributed by atoms with Gasteiger partial charge in [-0.1, -0.05) is 19.1 Å². The Morgan fingerprint density at radius 3 is 2.95 bits per heavy atom. The van der Waals surface area contributed by atoms with Crippen LogP contribution in [0.3, 0.4) is 0 Å². The first-order chi connectivity index (χ1) is 9.65. The third-order valence-electron chi connectivity index (χ3n) is 3.15. The van der Waals surface area contributed by atoms with Gasteiger partial charge >= 0.3 is 0 Å². The number of methoxy groups -OCH3 is 1. The fourth-order valence-electron chi connectivity index (χ4n) is 2.21. The predicted molar refractivity (Wildman–Crippen MR) is 81.9 cm³/mol. The van der Waals surface area contributed by atoms with E-state index in [9.17, 15) is 5.11 Å². The maximum absolute atomic E-state index is 10.5.